The van der Waals surface area contributed by atoms with Crippen LogP contribution in [-0.2, 0) is 26.9 Å². The number of nitrogens with one attached hydrogen (secondary N) is 1. The molecule has 0 aliphatic rings. The van der Waals surface area contributed by atoms with E-state index in [1.165, 1.54) is 0 Å². The second-order valence-corrected chi connectivity index (χ2v) is 9.27. The average molecular weight is 433 g/mol. The molecule has 1 amide bonds. The first-order valence-electron chi connectivity index (χ1n) is 8.97. The highest BCUT2D eigenvalue weighted by Gasteiger charge is 2.22. The Labute approximate surface area is 174 Å². The maximum Gasteiger partial charge on any atom is 0.235 e. The van der Waals surface area contributed by atoms with Crippen LogP contribution in [0.25, 0.3) is 11.5 Å². The number of sulfone groups is 1. The van der Waals surface area contributed by atoms with Crippen LogP contribution in [0.15, 0.2) is 52.9 Å². The van der Waals surface area contributed by atoms with Gasteiger partial charge in [0.25, 0.3) is 0 Å². The molecule has 8 heteroatoms. The molecule has 6 nitrogen and oxygen atoms in total. The largest absolute Gasteiger partial charge is 0.441 e. The number of hydrogen-bond acceptors (Lipinski definition) is 5. The maximum absolute atomic E-state index is 12.5. The molecular weight excluding hydrogens is 412 g/mol. The number of rotatable bonds is 7. The van der Waals surface area contributed by atoms with E-state index in [4.69, 9.17) is 16.0 Å². The van der Waals surface area contributed by atoms with Gasteiger partial charge in [-0.3, -0.25) is 4.79 Å². The molecule has 0 radical (unpaired) electrons. The van der Waals surface area contributed by atoms with Crippen LogP contribution in [0.2, 0.25) is 5.02 Å². The number of hydrogen-bond donors (Lipinski definition) is 1. The molecule has 29 heavy (non-hydrogen) atoms. The predicted octanol–water partition coefficient (Wildman–Crippen LogP) is 3.84. The van der Waals surface area contributed by atoms with Gasteiger partial charge in [0.15, 0.2) is 9.84 Å². The van der Waals surface area contributed by atoms with Crippen LogP contribution in [0.4, 0.5) is 0 Å². The molecule has 1 heterocycles. The van der Waals surface area contributed by atoms with E-state index >= 15 is 0 Å². The van der Waals surface area contributed by atoms with E-state index in [-0.39, 0.29) is 12.3 Å². The Hall–Kier alpha value is -2.64. The highest BCUT2D eigenvalue weighted by molar-refractivity contribution is 7.91. The number of carbonyl (C=O) groups is 1. The molecular formula is C21H21ClN2O4S. The van der Waals surface area contributed by atoms with Crippen molar-refractivity contribution in [2.24, 2.45) is 0 Å². The summed E-state index contributed by atoms with van der Waals surface area (Å²) in [4.78, 5) is 16.4. The van der Waals surface area contributed by atoms with Crippen LogP contribution in [0.5, 0.6) is 0 Å². The van der Waals surface area contributed by atoms with Crippen LogP contribution in [0.3, 0.4) is 0 Å². The molecule has 0 bridgehead atoms. The first kappa shape index (κ1) is 21.1. The van der Waals surface area contributed by atoms with Crippen molar-refractivity contribution >= 4 is 27.3 Å². The summed E-state index contributed by atoms with van der Waals surface area (Å²) in [5.41, 5.74) is 2.92. The molecule has 0 saturated carbocycles. The van der Waals surface area contributed by atoms with Crippen molar-refractivity contribution < 1.29 is 17.6 Å². The van der Waals surface area contributed by atoms with Gasteiger partial charge in [0.2, 0.25) is 11.8 Å². The van der Waals surface area contributed by atoms with Gasteiger partial charge in [-0.2, -0.15) is 0 Å². The van der Waals surface area contributed by atoms with Gasteiger partial charge in [-0.15, -0.1) is 0 Å². The molecule has 3 aromatic rings. The van der Waals surface area contributed by atoms with E-state index in [2.05, 4.69) is 10.3 Å². The van der Waals surface area contributed by atoms with E-state index in [0.717, 1.165) is 16.7 Å². The Kier molecular flexibility index (Phi) is 6.39. The molecule has 3 rings (SSSR count). The summed E-state index contributed by atoms with van der Waals surface area (Å²) in [6, 6.07) is 14.5. The number of halogens is 1. The molecule has 0 fully saturated rings. The molecule has 1 aromatic heterocycles. The SMILES string of the molecule is Cc1ccccc1-c1nc(CS(=O)(=O)CC(=O)NCc2ccc(Cl)cc2)c(C)o1. The smallest absolute Gasteiger partial charge is 0.235 e. The van der Waals surface area contributed by atoms with E-state index in [9.17, 15) is 13.2 Å². The highest BCUT2D eigenvalue weighted by Crippen LogP contribution is 2.25. The third kappa shape index (κ3) is 5.68. The summed E-state index contributed by atoms with van der Waals surface area (Å²) in [5, 5.41) is 3.20. The monoisotopic (exact) mass is 432 g/mol. The molecule has 0 aliphatic carbocycles. The normalized spacial score (nSPS) is 11.4. The second-order valence-electron chi connectivity index (χ2n) is 6.77. The zero-order chi connectivity index (χ0) is 21.0. The number of benzene rings is 2. The molecule has 0 saturated heterocycles. The summed E-state index contributed by atoms with van der Waals surface area (Å²) in [6.45, 7) is 3.82. The summed E-state index contributed by atoms with van der Waals surface area (Å²) in [7, 11) is -3.70. The van der Waals surface area contributed by atoms with Gasteiger partial charge in [-0.1, -0.05) is 41.9 Å². The Morgan fingerprint density at radius 2 is 1.79 bits per heavy atom. The number of oxazole rings is 1. The first-order chi connectivity index (χ1) is 13.7. The number of amides is 1. The van der Waals surface area contributed by atoms with Crippen LogP contribution in [-0.4, -0.2) is 25.1 Å². The number of aryl methyl sites for hydroxylation is 2. The molecule has 1 N–H and O–H groups in total. The van der Waals surface area contributed by atoms with E-state index in [1.807, 2.05) is 31.2 Å². The lowest BCUT2D eigenvalue weighted by Gasteiger charge is -2.06. The fourth-order valence-electron chi connectivity index (χ4n) is 2.80. The zero-order valence-corrected chi connectivity index (χ0v) is 17.7. The van der Waals surface area contributed by atoms with Gasteiger partial charge in [0.05, 0.1) is 11.4 Å². The Morgan fingerprint density at radius 3 is 2.48 bits per heavy atom. The fraction of sp³-hybridized carbons (Fsp3) is 0.238. The van der Waals surface area contributed by atoms with Crippen molar-refractivity contribution in [1.82, 2.24) is 10.3 Å². The zero-order valence-electron chi connectivity index (χ0n) is 16.1. The first-order valence-corrected chi connectivity index (χ1v) is 11.2. The van der Waals surface area contributed by atoms with Crippen molar-refractivity contribution in [3.63, 3.8) is 0 Å². The molecule has 0 unspecified atom stereocenters. The van der Waals surface area contributed by atoms with Gasteiger partial charge >= 0.3 is 0 Å². The van der Waals surface area contributed by atoms with Crippen molar-refractivity contribution in [3.8, 4) is 11.5 Å². The van der Waals surface area contributed by atoms with Gasteiger partial charge < -0.3 is 9.73 Å². The van der Waals surface area contributed by atoms with Gasteiger partial charge in [0.1, 0.15) is 11.5 Å². The lowest BCUT2D eigenvalue weighted by Crippen LogP contribution is -2.30. The molecule has 152 valence electrons. The number of carbonyl (C=O) groups excluding carboxylic acids is 1. The number of nitrogens with zero attached hydrogens (tertiary/aromatic N) is 1. The van der Waals surface area contributed by atoms with Crippen molar-refractivity contribution in [2.45, 2.75) is 26.1 Å². The third-order valence-electron chi connectivity index (χ3n) is 4.38. The average Bonchev–Trinajstić information content (AvgIpc) is 3.00. The lowest BCUT2D eigenvalue weighted by molar-refractivity contribution is -0.118. The number of aromatic nitrogens is 1. The van der Waals surface area contributed by atoms with Gasteiger partial charge in [-0.25, -0.2) is 13.4 Å². The molecule has 0 aliphatic heterocycles. The van der Waals surface area contributed by atoms with E-state index in [0.29, 0.717) is 22.4 Å². The topological polar surface area (TPSA) is 89.3 Å². The van der Waals surface area contributed by atoms with Crippen LogP contribution >= 0.6 is 11.6 Å². The predicted molar refractivity (Wildman–Crippen MR) is 112 cm³/mol. The van der Waals surface area contributed by atoms with E-state index in [1.54, 1.807) is 31.2 Å². The Bertz CT molecular complexity index is 1120. The van der Waals surface area contributed by atoms with Gasteiger partial charge in [-0.05, 0) is 43.2 Å². The van der Waals surface area contributed by atoms with Crippen molar-refractivity contribution in [1.29, 1.82) is 0 Å². The highest BCUT2D eigenvalue weighted by atomic mass is 35.5. The van der Waals surface area contributed by atoms with Gasteiger partial charge in [0, 0.05) is 17.1 Å². The lowest BCUT2D eigenvalue weighted by atomic mass is 10.1. The van der Waals surface area contributed by atoms with Crippen LogP contribution in [0.1, 0.15) is 22.6 Å². The molecule has 0 spiro atoms. The standard InChI is InChI=1S/C21H21ClN2O4S/c1-14-5-3-4-6-18(14)21-24-19(15(2)28-21)12-29(26,27)13-20(25)23-11-16-7-9-17(22)10-8-16/h3-10H,11-13H2,1-2H3,(H,23,25). The summed E-state index contributed by atoms with van der Waals surface area (Å²) in [6.07, 6.45) is 0. The van der Waals surface area contributed by atoms with Crippen molar-refractivity contribution in [2.75, 3.05) is 5.75 Å². The molecule has 2 aromatic carbocycles. The van der Waals surface area contributed by atoms with E-state index < -0.39 is 21.5 Å². The Morgan fingerprint density at radius 1 is 1.10 bits per heavy atom. The summed E-state index contributed by atoms with van der Waals surface area (Å²) >= 11 is 5.82. The van der Waals surface area contributed by atoms with Crippen LogP contribution < -0.4 is 5.32 Å². The molecule has 0 atom stereocenters. The maximum atomic E-state index is 12.5. The Balaban J connectivity index is 1.64. The minimum atomic E-state index is -3.70. The minimum absolute atomic E-state index is 0.228. The summed E-state index contributed by atoms with van der Waals surface area (Å²) < 4.78 is 30.6. The third-order valence-corrected chi connectivity index (χ3v) is 6.05. The van der Waals surface area contributed by atoms with Crippen molar-refractivity contribution in [3.05, 3.63) is 76.1 Å². The quantitative estimate of drug-likeness (QED) is 0.612. The van der Waals surface area contributed by atoms with Crippen LogP contribution in [0, 0.1) is 13.8 Å². The second kappa shape index (κ2) is 8.80. The fourth-order valence-corrected chi connectivity index (χ4v) is 4.22. The summed E-state index contributed by atoms with van der Waals surface area (Å²) in [5.74, 6) is -0.749. The minimum Gasteiger partial charge on any atom is -0.441 e.